The van der Waals surface area contributed by atoms with Gasteiger partial charge in [0.25, 0.3) is 0 Å². The number of nitrogens with one attached hydrogen (secondary N) is 1. The van der Waals surface area contributed by atoms with Gasteiger partial charge in [-0.25, -0.2) is 4.98 Å². The zero-order valence-electron chi connectivity index (χ0n) is 17.0. The van der Waals surface area contributed by atoms with Crippen LogP contribution >= 0.6 is 11.3 Å². The Hall–Kier alpha value is -1.92. The van der Waals surface area contributed by atoms with E-state index >= 15 is 0 Å². The number of aryl methyl sites for hydroxylation is 1. The second kappa shape index (κ2) is 9.05. The first-order valence-electron chi connectivity index (χ1n) is 10.4. The lowest BCUT2D eigenvalue weighted by molar-refractivity contribution is 0.0372. The van der Waals surface area contributed by atoms with Crippen LogP contribution in [0.5, 0.6) is 0 Å². The van der Waals surface area contributed by atoms with Crippen LogP contribution in [-0.2, 0) is 13.1 Å². The van der Waals surface area contributed by atoms with Crippen molar-refractivity contribution < 1.29 is 0 Å². The average molecular weight is 398 g/mol. The minimum Gasteiger partial charge on any atom is -0.350 e. The molecule has 3 heterocycles. The number of hydrogen-bond donors (Lipinski definition) is 1. The van der Waals surface area contributed by atoms with Gasteiger partial charge in [0.15, 0.2) is 5.96 Å². The molecule has 28 heavy (non-hydrogen) atoms. The first kappa shape index (κ1) is 19.4. The van der Waals surface area contributed by atoms with E-state index in [1.165, 1.54) is 36.2 Å². The fraction of sp³-hybridized carbons (Fsp3) is 0.545. The third-order valence-electron chi connectivity index (χ3n) is 5.99. The molecule has 6 heteroatoms. The van der Waals surface area contributed by atoms with Gasteiger partial charge in [-0.2, -0.15) is 0 Å². The number of aliphatic imine (C=N–C) groups is 1. The third-order valence-corrected chi connectivity index (χ3v) is 6.90. The lowest BCUT2D eigenvalue weighted by Crippen LogP contribution is -2.56. The van der Waals surface area contributed by atoms with Crippen LogP contribution in [0.3, 0.4) is 0 Å². The highest BCUT2D eigenvalue weighted by molar-refractivity contribution is 7.11. The molecule has 1 aromatic carbocycles. The second-order valence-corrected chi connectivity index (χ2v) is 9.25. The molecule has 4 rings (SSSR count). The molecule has 0 saturated carbocycles. The monoisotopic (exact) mass is 397 g/mol. The summed E-state index contributed by atoms with van der Waals surface area (Å²) in [5, 5.41) is 4.65. The summed E-state index contributed by atoms with van der Waals surface area (Å²) in [6.07, 6.45) is 5.79. The number of thiazole rings is 1. The van der Waals surface area contributed by atoms with Crippen LogP contribution in [0, 0.1) is 12.8 Å². The van der Waals surface area contributed by atoms with E-state index < -0.39 is 0 Å². The first-order valence-corrected chi connectivity index (χ1v) is 11.2. The Morgan fingerprint density at radius 2 is 2.11 bits per heavy atom. The van der Waals surface area contributed by atoms with Crippen molar-refractivity contribution in [1.29, 1.82) is 0 Å². The van der Waals surface area contributed by atoms with Crippen LogP contribution in [-0.4, -0.2) is 53.5 Å². The Balaban J connectivity index is 1.35. The fourth-order valence-corrected chi connectivity index (χ4v) is 5.41. The van der Waals surface area contributed by atoms with Gasteiger partial charge in [0.1, 0.15) is 5.01 Å². The molecule has 2 aliphatic heterocycles. The van der Waals surface area contributed by atoms with Gasteiger partial charge in [-0.1, -0.05) is 30.3 Å². The molecule has 150 valence electrons. The summed E-state index contributed by atoms with van der Waals surface area (Å²) in [6, 6.07) is 11.6. The Labute approximate surface area is 172 Å². The summed E-state index contributed by atoms with van der Waals surface area (Å²) in [6.45, 7) is 7.35. The first-order chi connectivity index (χ1) is 13.7. The number of rotatable bonds is 4. The number of likely N-dealkylation sites (tertiary alicyclic amines) is 2. The molecule has 0 spiro atoms. The Morgan fingerprint density at radius 3 is 2.86 bits per heavy atom. The Kier molecular flexibility index (Phi) is 6.27. The molecule has 0 aliphatic carbocycles. The van der Waals surface area contributed by atoms with E-state index in [1.54, 1.807) is 11.3 Å². The minimum atomic E-state index is 0.699. The van der Waals surface area contributed by atoms with E-state index in [0.29, 0.717) is 6.04 Å². The quantitative estimate of drug-likeness (QED) is 0.633. The van der Waals surface area contributed by atoms with Crippen molar-refractivity contribution in [3.05, 3.63) is 52.0 Å². The highest BCUT2D eigenvalue weighted by Gasteiger charge is 2.36. The smallest absolute Gasteiger partial charge is 0.194 e. The number of nitrogens with zero attached hydrogens (tertiary/aromatic N) is 4. The number of fused-ring (bicyclic) bond motifs is 1. The van der Waals surface area contributed by atoms with E-state index in [0.717, 1.165) is 43.1 Å². The molecule has 1 aromatic heterocycles. The summed E-state index contributed by atoms with van der Waals surface area (Å²) in [5.41, 5.74) is 1.43. The van der Waals surface area contributed by atoms with Crippen molar-refractivity contribution in [2.24, 2.45) is 10.9 Å². The van der Waals surface area contributed by atoms with Gasteiger partial charge in [-0.15, -0.1) is 11.3 Å². The van der Waals surface area contributed by atoms with Crippen LogP contribution in [0.2, 0.25) is 0 Å². The number of benzene rings is 1. The van der Waals surface area contributed by atoms with E-state index in [4.69, 9.17) is 0 Å². The van der Waals surface area contributed by atoms with Crippen molar-refractivity contribution in [2.75, 3.05) is 26.7 Å². The predicted octanol–water partition coefficient (Wildman–Crippen LogP) is 3.51. The summed E-state index contributed by atoms with van der Waals surface area (Å²) in [5.74, 6) is 1.75. The Bertz CT molecular complexity index is 787. The topological polar surface area (TPSA) is 43.8 Å². The standard InChI is InChI=1S/C22H31N5S/c1-17-13-24-21(28-17)14-25-22(23-2)27-12-10-20-19(16-27)9-6-11-26(20)15-18-7-4-3-5-8-18/h3-5,7-8,13,19-20H,6,9-12,14-16H2,1-2H3,(H,23,25). The zero-order chi connectivity index (χ0) is 19.3. The molecular weight excluding hydrogens is 366 g/mol. The molecule has 2 saturated heterocycles. The van der Waals surface area contributed by atoms with Crippen molar-refractivity contribution in [3.63, 3.8) is 0 Å². The third kappa shape index (κ3) is 4.55. The van der Waals surface area contributed by atoms with Crippen molar-refractivity contribution >= 4 is 17.3 Å². The summed E-state index contributed by atoms with van der Waals surface area (Å²) >= 11 is 1.75. The molecule has 2 atom stereocenters. The molecule has 2 aromatic rings. The maximum absolute atomic E-state index is 4.55. The van der Waals surface area contributed by atoms with Crippen molar-refractivity contribution in [3.8, 4) is 0 Å². The molecule has 0 radical (unpaired) electrons. The summed E-state index contributed by atoms with van der Waals surface area (Å²) in [4.78, 5) is 15.4. The molecule has 2 fully saturated rings. The maximum atomic E-state index is 4.55. The normalized spacial score (nSPS) is 23.5. The average Bonchev–Trinajstić information content (AvgIpc) is 3.14. The predicted molar refractivity (Wildman–Crippen MR) is 117 cm³/mol. The molecule has 1 N–H and O–H groups in total. The highest BCUT2D eigenvalue weighted by Crippen LogP contribution is 2.31. The zero-order valence-corrected chi connectivity index (χ0v) is 17.8. The van der Waals surface area contributed by atoms with Gasteiger partial charge >= 0.3 is 0 Å². The van der Waals surface area contributed by atoms with Crippen LogP contribution in [0.15, 0.2) is 41.5 Å². The van der Waals surface area contributed by atoms with Crippen LogP contribution in [0.4, 0.5) is 0 Å². The van der Waals surface area contributed by atoms with Gasteiger partial charge in [0.2, 0.25) is 0 Å². The number of aromatic nitrogens is 1. The van der Waals surface area contributed by atoms with E-state index in [9.17, 15) is 0 Å². The molecule has 0 bridgehead atoms. The minimum absolute atomic E-state index is 0.699. The SMILES string of the molecule is CN=C(NCc1ncc(C)s1)N1CCC2C(CCCN2Cc2ccccc2)C1. The van der Waals surface area contributed by atoms with E-state index in [1.807, 2.05) is 13.2 Å². The van der Waals surface area contributed by atoms with Crippen LogP contribution in [0.1, 0.15) is 34.7 Å². The fourth-order valence-electron chi connectivity index (χ4n) is 4.68. The number of hydrogen-bond acceptors (Lipinski definition) is 4. The van der Waals surface area contributed by atoms with Gasteiger partial charge < -0.3 is 10.2 Å². The largest absolute Gasteiger partial charge is 0.350 e. The number of piperidine rings is 2. The highest BCUT2D eigenvalue weighted by atomic mass is 32.1. The van der Waals surface area contributed by atoms with Crippen LogP contribution in [0.25, 0.3) is 0 Å². The van der Waals surface area contributed by atoms with E-state index in [-0.39, 0.29) is 0 Å². The van der Waals surface area contributed by atoms with Gasteiger partial charge in [0.05, 0.1) is 6.54 Å². The van der Waals surface area contributed by atoms with Gasteiger partial charge in [0, 0.05) is 43.8 Å². The molecule has 2 unspecified atom stereocenters. The lowest BCUT2D eigenvalue weighted by Gasteiger charge is -2.48. The maximum Gasteiger partial charge on any atom is 0.194 e. The van der Waals surface area contributed by atoms with Gasteiger partial charge in [-0.3, -0.25) is 9.89 Å². The molecule has 0 amide bonds. The van der Waals surface area contributed by atoms with Crippen molar-refractivity contribution in [2.45, 2.75) is 45.3 Å². The molecular formula is C22H31N5S. The summed E-state index contributed by atoms with van der Waals surface area (Å²) < 4.78 is 0. The van der Waals surface area contributed by atoms with Gasteiger partial charge in [-0.05, 0) is 44.2 Å². The Morgan fingerprint density at radius 1 is 1.25 bits per heavy atom. The number of guanidine groups is 1. The van der Waals surface area contributed by atoms with Crippen molar-refractivity contribution in [1.82, 2.24) is 20.1 Å². The summed E-state index contributed by atoms with van der Waals surface area (Å²) in [7, 11) is 1.89. The second-order valence-electron chi connectivity index (χ2n) is 7.93. The molecule has 2 aliphatic rings. The van der Waals surface area contributed by atoms with E-state index in [2.05, 4.69) is 62.3 Å². The lowest BCUT2D eigenvalue weighted by atomic mass is 9.83. The molecule has 5 nitrogen and oxygen atoms in total. The van der Waals surface area contributed by atoms with Crippen LogP contribution < -0.4 is 5.32 Å².